The van der Waals surface area contributed by atoms with Gasteiger partial charge in [-0.25, -0.2) is 0 Å². The average molecular weight is 290 g/mol. The van der Waals surface area contributed by atoms with Crippen LogP contribution in [0, 0.1) is 0 Å². The lowest BCUT2D eigenvalue weighted by Crippen LogP contribution is -2.39. The molecule has 21 heavy (non-hydrogen) atoms. The van der Waals surface area contributed by atoms with Crippen molar-refractivity contribution in [3.63, 3.8) is 0 Å². The van der Waals surface area contributed by atoms with Crippen LogP contribution in [0.2, 0.25) is 0 Å². The Morgan fingerprint density at radius 1 is 1.29 bits per heavy atom. The Kier molecular flexibility index (Phi) is 5.33. The van der Waals surface area contributed by atoms with Gasteiger partial charge in [-0.05, 0) is 37.1 Å². The molecule has 0 aromatic heterocycles. The number of Topliss-reactive ketones (excluding diaryl/α,β-unsaturated/α-hetero) is 1. The van der Waals surface area contributed by atoms with Gasteiger partial charge in [0.05, 0.1) is 7.11 Å². The topological polar surface area (TPSA) is 72.6 Å². The maximum Gasteiger partial charge on any atom is 0.223 e. The first-order valence-corrected chi connectivity index (χ1v) is 7.32. The Hall–Kier alpha value is -1.88. The molecule has 1 atom stereocenters. The van der Waals surface area contributed by atoms with E-state index < -0.39 is 0 Å². The van der Waals surface area contributed by atoms with Crippen molar-refractivity contribution in [2.45, 2.75) is 31.7 Å². The normalized spacial score (nSPS) is 17.8. The van der Waals surface area contributed by atoms with Gasteiger partial charge in [0.15, 0.2) is 5.78 Å². The van der Waals surface area contributed by atoms with E-state index in [1.807, 2.05) is 4.90 Å². The molecular formula is C16H22N2O3. The van der Waals surface area contributed by atoms with Crippen LogP contribution in [0.25, 0.3) is 0 Å². The highest BCUT2D eigenvalue weighted by Gasteiger charge is 2.27. The molecule has 1 aromatic rings. The van der Waals surface area contributed by atoms with Crippen molar-refractivity contribution in [2.75, 3.05) is 20.2 Å². The molecule has 0 radical (unpaired) electrons. The summed E-state index contributed by atoms with van der Waals surface area (Å²) in [7, 11) is 1.58. The van der Waals surface area contributed by atoms with Gasteiger partial charge in [0.2, 0.25) is 5.91 Å². The van der Waals surface area contributed by atoms with Crippen molar-refractivity contribution in [3.8, 4) is 5.75 Å². The monoisotopic (exact) mass is 290 g/mol. The van der Waals surface area contributed by atoms with Gasteiger partial charge in [-0.3, -0.25) is 9.59 Å². The molecule has 1 fully saturated rings. The molecule has 0 aliphatic carbocycles. The van der Waals surface area contributed by atoms with Crippen LogP contribution in [0.1, 0.15) is 36.0 Å². The van der Waals surface area contributed by atoms with Crippen molar-refractivity contribution < 1.29 is 14.3 Å². The molecule has 5 nitrogen and oxygen atoms in total. The summed E-state index contributed by atoms with van der Waals surface area (Å²) in [6.07, 6.45) is 2.45. The third kappa shape index (κ3) is 3.82. The van der Waals surface area contributed by atoms with Gasteiger partial charge < -0.3 is 15.4 Å². The van der Waals surface area contributed by atoms with Crippen molar-refractivity contribution in [2.24, 2.45) is 5.73 Å². The number of nitrogens with two attached hydrogens (primary N) is 1. The number of carbonyl (C=O) groups excluding carboxylic acids is 2. The first-order chi connectivity index (χ1) is 10.2. The predicted octanol–water partition coefficient (Wildman–Crippen LogP) is 1.61. The number of methoxy groups -OCH3 is 1. The minimum Gasteiger partial charge on any atom is -0.497 e. The fourth-order valence-electron chi connectivity index (χ4n) is 2.69. The smallest absolute Gasteiger partial charge is 0.223 e. The van der Waals surface area contributed by atoms with Crippen molar-refractivity contribution in [1.29, 1.82) is 0 Å². The molecule has 2 rings (SSSR count). The fourth-order valence-corrected chi connectivity index (χ4v) is 2.69. The lowest BCUT2D eigenvalue weighted by atomic mass is 10.1. The number of amides is 1. The lowest BCUT2D eigenvalue weighted by molar-refractivity contribution is -0.131. The second-order valence-electron chi connectivity index (χ2n) is 5.27. The van der Waals surface area contributed by atoms with Gasteiger partial charge in [0, 0.05) is 37.5 Å². The molecule has 2 N–H and O–H groups in total. The third-order valence-electron chi connectivity index (χ3n) is 3.95. The van der Waals surface area contributed by atoms with Crippen molar-refractivity contribution >= 4 is 11.7 Å². The molecule has 114 valence electrons. The second-order valence-corrected chi connectivity index (χ2v) is 5.27. The summed E-state index contributed by atoms with van der Waals surface area (Å²) in [5.41, 5.74) is 6.28. The zero-order valence-electron chi connectivity index (χ0n) is 12.4. The number of rotatable bonds is 6. The van der Waals surface area contributed by atoms with E-state index in [1.54, 1.807) is 31.4 Å². The van der Waals surface area contributed by atoms with Gasteiger partial charge in [0.1, 0.15) is 5.75 Å². The molecule has 0 spiro atoms. The number of ether oxygens (including phenoxy) is 1. The van der Waals surface area contributed by atoms with Crippen LogP contribution in [0.5, 0.6) is 5.75 Å². The summed E-state index contributed by atoms with van der Waals surface area (Å²) in [6, 6.07) is 7.10. The largest absolute Gasteiger partial charge is 0.497 e. The van der Waals surface area contributed by atoms with Gasteiger partial charge in [-0.1, -0.05) is 0 Å². The molecule has 5 heteroatoms. The van der Waals surface area contributed by atoms with Crippen molar-refractivity contribution in [3.05, 3.63) is 29.8 Å². The SMILES string of the molecule is COc1ccc(C(=O)CCC(=O)N2CCCC2CN)cc1. The maximum absolute atomic E-state index is 12.1. The Morgan fingerprint density at radius 2 is 2.00 bits per heavy atom. The van der Waals surface area contributed by atoms with E-state index in [0.29, 0.717) is 17.9 Å². The minimum absolute atomic E-state index is 0.0190. The number of ketones is 1. The number of likely N-dealkylation sites (tertiary alicyclic amines) is 1. The molecule has 1 amide bonds. The highest BCUT2D eigenvalue weighted by Crippen LogP contribution is 2.19. The van der Waals surface area contributed by atoms with E-state index in [4.69, 9.17) is 10.5 Å². The summed E-state index contributed by atoms with van der Waals surface area (Å²) >= 11 is 0. The van der Waals surface area contributed by atoms with Crippen LogP contribution in [-0.4, -0.2) is 42.8 Å². The number of carbonyl (C=O) groups is 2. The summed E-state index contributed by atoms with van der Waals surface area (Å²) in [6.45, 7) is 1.26. The first kappa shape index (κ1) is 15.5. The third-order valence-corrected chi connectivity index (χ3v) is 3.95. The number of hydrogen-bond donors (Lipinski definition) is 1. The molecule has 1 aliphatic heterocycles. The van der Waals surface area contributed by atoms with Gasteiger partial charge in [-0.2, -0.15) is 0 Å². The van der Waals surface area contributed by atoms with Crippen LogP contribution in [-0.2, 0) is 4.79 Å². The summed E-state index contributed by atoms with van der Waals surface area (Å²) < 4.78 is 5.05. The van der Waals surface area contributed by atoms with E-state index in [0.717, 1.165) is 19.4 Å². The summed E-state index contributed by atoms with van der Waals surface area (Å²) in [5.74, 6) is 0.727. The number of hydrogen-bond acceptors (Lipinski definition) is 4. The van der Waals surface area contributed by atoms with Crippen LogP contribution in [0.4, 0.5) is 0 Å². The second kappa shape index (κ2) is 7.22. The van der Waals surface area contributed by atoms with E-state index in [1.165, 1.54) is 0 Å². The molecule has 1 aliphatic rings. The summed E-state index contributed by atoms with van der Waals surface area (Å²) in [5, 5.41) is 0. The molecular weight excluding hydrogens is 268 g/mol. The van der Waals surface area contributed by atoms with Crippen LogP contribution < -0.4 is 10.5 Å². The fraction of sp³-hybridized carbons (Fsp3) is 0.500. The highest BCUT2D eigenvalue weighted by atomic mass is 16.5. The summed E-state index contributed by atoms with van der Waals surface area (Å²) in [4.78, 5) is 26.0. The van der Waals surface area contributed by atoms with Gasteiger partial charge in [0.25, 0.3) is 0 Å². The Balaban J connectivity index is 1.86. The molecule has 1 unspecified atom stereocenters. The first-order valence-electron chi connectivity index (χ1n) is 7.32. The highest BCUT2D eigenvalue weighted by molar-refractivity contribution is 5.98. The predicted molar refractivity (Wildman–Crippen MR) is 80.3 cm³/mol. The minimum atomic E-state index is -0.0190. The van der Waals surface area contributed by atoms with E-state index >= 15 is 0 Å². The molecule has 0 saturated carbocycles. The maximum atomic E-state index is 12.1. The molecule has 1 heterocycles. The standard InChI is InChI=1S/C16H22N2O3/c1-21-14-6-4-12(5-7-14)15(19)8-9-16(20)18-10-2-3-13(18)11-17/h4-7,13H,2-3,8-11,17H2,1H3. The van der Waals surface area contributed by atoms with Crippen molar-refractivity contribution in [1.82, 2.24) is 4.90 Å². The molecule has 1 saturated heterocycles. The van der Waals surface area contributed by atoms with Gasteiger partial charge in [-0.15, -0.1) is 0 Å². The lowest BCUT2D eigenvalue weighted by Gasteiger charge is -2.23. The quantitative estimate of drug-likeness (QED) is 0.808. The van der Waals surface area contributed by atoms with E-state index in [2.05, 4.69) is 0 Å². The van der Waals surface area contributed by atoms with Crippen LogP contribution in [0.3, 0.4) is 0 Å². The van der Waals surface area contributed by atoms with E-state index in [-0.39, 0.29) is 30.6 Å². The van der Waals surface area contributed by atoms with E-state index in [9.17, 15) is 9.59 Å². The zero-order chi connectivity index (χ0) is 15.2. The number of benzene rings is 1. The molecule has 1 aromatic carbocycles. The Morgan fingerprint density at radius 3 is 2.62 bits per heavy atom. The van der Waals surface area contributed by atoms with Crippen LogP contribution >= 0.6 is 0 Å². The average Bonchev–Trinajstić information content (AvgIpc) is 3.01. The Bertz CT molecular complexity index is 499. The zero-order valence-corrected chi connectivity index (χ0v) is 12.4. The van der Waals surface area contributed by atoms with Gasteiger partial charge >= 0.3 is 0 Å². The molecule has 0 bridgehead atoms. The Labute approximate surface area is 125 Å². The van der Waals surface area contributed by atoms with Crippen LogP contribution in [0.15, 0.2) is 24.3 Å². The number of nitrogens with zero attached hydrogens (tertiary/aromatic N) is 1.